The first kappa shape index (κ1) is 21.6. The number of cyclic esters (lactones) is 1. The Bertz CT molecular complexity index is 1160. The average Bonchev–Trinajstić information content (AvgIpc) is 3.25. The second-order valence-corrected chi connectivity index (χ2v) is 8.00. The second-order valence-electron chi connectivity index (χ2n) is 8.00. The number of aliphatic imine (C=N–C) groups is 1. The third kappa shape index (κ3) is 4.88. The molecule has 34 heavy (non-hydrogen) atoms. The number of rotatable bonds is 4. The van der Waals surface area contributed by atoms with Gasteiger partial charge in [0.15, 0.2) is 11.5 Å². The molecule has 3 heterocycles. The van der Waals surface area contributed by atoms with Gasteiger partial charge in [-0.25, -0.2) is 14.6 Å². The molecule has 2 amide bonds. The molecule has 9 nitrogen and oxygen atoms in total. The third-order valence-corrected chi connectivity index (χ3v) is 5.68. The standard InChI is InChI=1S/C25H24N4O5/c30-24-20(15-28-11-13-29(14-12-28)25(31)26-19-9-5-2-6-10-19)27-23(34-24)22-17-32-21(16-33-22)18-7-3-1-4-8-18/h1-3,5-7,9-10,15-17H,4,8,11-14H2,(H,26,31). The molecule has 0 unspecified atom stereocenters. The van der Waals surface area contributed by atoms with Gasteiger partial charge in [0.2, 0.25) is 5.76 Å². The van der Waals surface area contributed by atoms with Gasteiger partial charge >= 0.3 is 12.0 Å². The highest BCUT2D eigenvalue weighted by Crippen LogP contribution is 2.27. The lowest BCUT2D eigenvalue weighted by Crippen LogP contribution is -2.48. The first-order valence-electron chi connectivity index (χ1n) is 11.1. The highest BCUT2D eigenvalue weighted by atomic mass is 16.6. The zero-order chi connectivity index (χ0) is 23.3. The van der Waals surface area contributed by atoms with E-state index in [1.807, 2.05) is 47.4 Å². The quantitative estimate of drug-likeness (QED) is 0.545. The van der Waals surface area contributed by atoms with E-state index >= 15 is 0 Å². The average molecular weight is 460 g/mol. The van der Waals surface area contributed by atoms with Crippen molar-refractivity contribution >= 4 is 23.6 Å². The first-order chi connectivity index (χ1) is 16.7. The number of nitrogens with zero attached hydrogens (tertiary/aromatic N) is 3. The van der Waals surface area contributed by atoms with Crippen molar-refractivity contribution in [2.75, 3.05) is 31.5 Å². The Morgan fingerprint density at radius 3 is 2.50 bits per heavy atom. The van der Waals surface area contributed by atoms with Gasteiger partial charge in [0, 0.05) is 38.1 Å². The van der Waals surface area contributed by atoms with Gasteiger partial charge in [-0.3, -0.25) is 0 Å². The Kier molecular flexibility index (Phi) is 6.15. The van der Waals surface area contributed by atoms with Crippen LogP contribution >= 0.6 is 0 Å². The molecule has 4 aliphatic rings. The summed E-state index contributed by atoms with van der Waals surface area (Å²) in [6.07, 6.45) is 12.4. The Balaban J connectivity index is 1.16. The Morgan fingerprint density at radius 2 is 1.79 bits per heavy atom. The normalized spacial score (nSPS) is 21.1. The van der Waals surface area contributed by atoms with E-state index in [4.69, 9.17) is 14.2 Å². The van der Waals surface area contributed by atoms with Gasteiger partial charge in [0.1, 0.15) is 12.5 Å². The maximum Gasteiger partial charge on any atom is 0.365 e. The van der Waals surface area contributed by atoms with Crippen LogP contribution in [0.3, 0.4) is 0 Å². The van der Waals surface area contributed by atoms with E-state index in [0.29, 0.717) is 31.9 Å². The number of hydrogen-bond acceptors (Lipinski definition) is 7. The van der Waals surface area contributed by atoms with E-state index in [1.165, 1.54) is 12.5 Å². The largest absolute Gasteiger partial charge is 0.457 e. The number of allylic oxidation sites excluding steroid dienone is 4. The minimum Gasteiger partial charge on any atom is -0.457 e. The molecule has 0 spiro atoms. The molecule has 1 aliphatic carbocycles. The zero-order valence-electron chi connectivity index (χ0n) is 18.5. The van der Waals surface area contributed by atoms with Crippen LogP contribution in [0.25, 0.3) is 0 Å². The Morgan fingerprint density at radius 1 is 1.03 bits per heavy atom. The van der Waals surface area contributed by atoms with Gasteiger partial charge in [-0.1, -0.05) is 36.4 Å². The predicted octanol–water partition coefficient (Wildman–Crippen LogP) is 3.64. The number of urea groups is 1. The fourth-order valence-corrected chi connectivity index (χ4v) is 3.81. The van der Waals surface area contributed by atoms with Crippen LogP contribution in [0.5, 0.6) is 0 Å². The summed E-state index contributed by atoms with van der Waals surface area (Å²) in [5.74, 6) is 0.362. The van der Waals surface area contributed by atoms with Crippen molar-refractivity contribution in [2.45, 2.75) is 12.8 Å². The molecule has 0 atom stereocenters. The Labute approximate surface area is 197 Å². The van der Waals surface area contributed by atoms with E-state index in [9.17, 15) is 9.59 Å². The molecule has 5 rings (SSSR count). The van der Waals surface area contributed by atoms with E-state index in [1.54, 1.807) is 11.1 Å². The molecule has 9 heteroatoms. The Hall–Kier alpha value is -4.27. The van der Waals surface area contributed by atoms with E-state index in [-0.39, 0.29) is 23.4 Å². The van der Waals surface area contributed by atoms with Crippen LogP contribution < -0.4 is 5.32 Å². The summed E-state index contributed by atoms with van der Waals surface area (Å²) in [5, 5.41) is 2.89. The summed E-state index contributed by atoms with van der Waals surface area (Å²) in [4.78, 5) is 32.7. The number of carbonyl (C=O) groups excluding carboxylic acids is 2. The van der Waals surface area contributed by atoms with E-state index in [2.05, 4.69) is 16.4 Å². The number of hydrogen-bond donors (Lipinski definition) is 1. The molecule has 0 bridgehead atoms. The van der Waals surface area contributed by atoms with Crippen LogP contribution in [-0.2, 0) is 19.0 Å². The summed E-state index contributed by atoms with van der Waals surface area (Å²) in [6.45, 7) is 2.19. The molecular weight excluding hydrogens is 436 g/mol. The van der Waals surface area contributed by atoms with Gasteiger partial charge < -0.3 is 29.3 Å². The van der Waals surface area contributed by atoms with Crippen LogP contribution in [-0.4, -0.2) is 53.9 Å². The fraction of sp³-hybridized carbons (Fsp3) is 0.240. The molecule has 1 saturated heterocycles. The van der Waals surface area contributed by atoms with Crippen molar-refractivity contribution < 1.29 is 23.8 Å². The predicted molar refractivity (Wildman–Crippen MR) is 125 cm³/mol. The number of anilines is 1. The molecule has 174 valence electrons. The minimum atomic E-state index is -0.557. The maximum absolute atomic E-state index is 12.5. The summed E-state index contributed by atoms with van der Waals surface area (Å²) in [6, 6.07) is 9.19. The molecule has 1 N–H and O–H groups in total. The van der Waals surface area contributed by atoms with Gasteiger partial charge in [-0.05, 0) is 30.5 Å². The highest BCUT2D eigenvalue weighted by Gasteiger charge is 2.30. The number of carbonyl (C=O) groups is 2. The van der Waals surface area contributed by atoms with Gasteiger partial charge in [-0.2, -0.15) is 0 Å². The van der Waals surface area contributed by atoms with Crippen molar-refractivity contribution in [1.82, 2.24) is 9.80 Å². The summed E-state index contributed by atoms with van der Waals surface area (Å²) in [7, 11) is 0. The highest BCUT2D eigenvalue weighted by molar-refractivity contribution is 6.10. The number of para-hydroxylation sites is 1. The van der Waals surface area contributed by atoms with Crippen molar-refractivity contribution in [2.24, 2.45) is 4.99 Å². The second kappa shape index (κ2) is 9.70. The summed E-state index contributed by atoms with van der Waals surface area (Å²) >= 11 is 0. The molecule has 0 aromatic heterocycles. The molecule has 1 fully saturated rings. The van der Waals surface area contributed by atoms with Crippen LogP contribution in [0.2, 0.25) is 0 Å². The van der Waals surface area contributed by atoms with Crippen LogP contribution in [0, 0.1) is 0 Å². The SMILES string of the molecule is O=C1OC(C2=COC(C3=CC=CCC3)=CO2)=NC1=CN1CCN(C(=O)Nc2ccccc2)CC1. The third-order valence-electron chi connectivity index (χ3n) is 5.68. The van der Waals surface area contributed by atoms with Crippen molar-refractivity contribution in [3.63, 3.8) is 0 Å². The monoisotopic (exact) mass is 460 g/mol. The van der Waals surface area contributed by atoms with Gasteiger partial charge in [-0.15, -0.1) is 0 Å². The number of nitrogens with one attached hydrogen (secondary N) is 1. The van der Waals surface area contributed by atoms with Crippen molar-refractivity contribution in [3.8, 4) is 0 Å². The lowest BCUT2D eigenvalue weighted by Gasteiger charge is -2.34. The summed E-state index contributed by atoms with van der Waals surface area (Å²) < 4.78 is 16.6. The number of esters is 1. The van der Waals surface area contributed by atoms with Crippen LogP contribution in [0.1, 0.15) is 12.8 Å². The molecular formula is C25H24N4O5. The number of piperazine rings is 1. The molecule has 1 aromatic carbocycles. The number of ether oxygens (including phenoxy) is 3. The van der Waals surface area contributed by atoms with Crippen LogP contribution in [0.15, 0.2) is 95.1 Å². The molecule has 0 radical (unpaired) electrons. The van der Waals surface area contributed by atoms with Crippen molar-refractivity contribution in [1.29, 1.82) is 0 Å². The van der Waals surface area contributed by atoms with Crippen molar-refractivity contribution in [3.05, 3.63) is 90.1 Å². The molecule has 1 aromatic rings. The smallest absolute Gasteiger partial charge is 0.365 e. The topological polar surface area (TPSA) is 92.7 Å². The maximum atomic E-state index is 12.5. The summed E-state index contributed by atoms with van der Waals surface area (Å²) in [5.41, 5.74) is 1.97. The molecule has 3 aliphatic heterocycles. The minimum absolute atomic E-state index is 0.0601. The zero-order valence-corrected chi connectivity index (χ0v) is 18.5. The van der Waals surface area contributed by atoms with Gasteiger partial charge in [0.05, 0.1) is 0 Å². The molecule has 0 saturated carbocycles. The number of benzene rings is 1. The van der Waals surface area contributed by atoms with Gasteiger partial charge in [0.25, 0.3) is 5.90 Å². The van der Waals surface area contributed by atoms with Crippen LogP contribution in [0.4, 0.5) is 10.5 Å². The fourth-order valence-electron chi connectivity index (χ4n) is 3.81. The van der Waals surface area contributed by atoms with E-state index in [0.717, 1.165) is 24.1 Å². The first-order valence-corrected chi connectivity index (χ1v) is 11.1. The van der Waals surface area contributed by atoms with E-state index < -0.39 is 5.97 Å². The lowest BCUT2D eigenvalue weighted by atomic mass is 10.0. The lowest BCUT2D eigenvalue weighted by molar-refractivity contribution is -0.130. The number of amides is 2.